The van der Waals surface area contributed by atoms with Crippen molar-refractivity contribution in [3.63, 3.8) is 0 Å². The van der Waals surface area contributed by atoms with Crippen molar-refractivity contribution in [3.8, 4) is 0 Å². The third-order valence-corrected chi connectivity index (χ3v) is 3.40. The van der Waals surface area contributed by atoms with Crippen molar-refractivity contribution in [1.29, 1.82) is 0 Å². The topological polar surface area (TPSA) is 20.3 Å². The van der Waals surface area contributed by atoms with Crippen LogP contribution in [-0.4, -0.2) is 16.8 Å². The number of hydrogen-bond donors (Lipinski definition) is 0. The van der Waals surface area contributed by atoms with Crippen molar-refractivity contribution < 1.29 is 9.18 Å². The van der Waals surface area contributed by atoms with Crippen LogP contribution >= 0.6 is 15.9 Å². The molecule has 3 rings (SSSR count). The van der Waals surface area contributed by atoms with Crippen molar-refractivity contribution in [1.82, 2.24) is 4.90 Å². The van der Waals surface area contributed by atoms with Crippen molar-refractivity contribution in [2.24, 2.45) is 0 Å². The van der Waals surface area contributed by atoms with Crippen LogP contribution in [0.4, 0.5) is 4.39 Å². The largest absolute Gasteiger partial charge is 0.331 e. The van der Waals surface area contributed by atoms with E-state index in [9.17, 15) is 9.18 Å². The zero-order valence-electron chi connectivity index (χ0n) is 7.96. The maximum atomic E-state index is 13.6. The summed E-state index contributed by atoms with van der Waals surface area (Å²) in [5.41, 5.74) is 1.07. The molecule has 4 heteroatoms. The summed E-state index contributed by atoms with van der Waals surface area (Å²) in [6.45, 7) is 0.565. The Morgan fingerprint density at radius 3 is 2.80 bits per heavy atom. The second-order valence-electron chi connectivity index (χ2n) is 4.09. The smallest absolute Gasteiger partial charge is 0.257 e. The first-order valence-corrected chi connectivity index (χ1v) is 5.75. The van der Waals surface area contributed by atoms with Gasteiger partial charge in [0.15, 0.2) is 0 Å². The maximum Gasteiger partial charge on any atom is 0.257 e. The molecule has 1 aromatic rings. The quantitative estimate of drug-likeness (QED) is 0.768. The number of nitrogens with zero attached hydrogens (tertiary/aromatic N) is 1. The Hall–Kier alpha value is -0.900. The summed E-state index contributed by atoms with van der Waals surface area (Å²) in [7, 11) is 0. The summed E-state index contributed by atoms with van der Waals surface area (Å²) in [5, 5.41) is 0. The predicted octanol–water partition coefficient (Wildman–Crippen LogP) is 2.71. The molecule has 0 unspecified atom stereocenters. The summed E-state index contributed by atoms with van der Waals surface area (Å²) >= 11 is 3.24. The molecular formula is C11H9BrFNO. The number of benzene rings is 1. The second-order valence-corrected chi connectivity index (χ2v) is 5.00. The van der Waals surface area contributed by atoms with Crippen LogP contribution in [0.25, 0.3) is 0 Å². The molecule has 0 saturated heterocycles. The molecule has 0 N–H and O–H groups in total. The minimum absolute atomic E-state index is 0.141. The Morgan fingerprint density at radius 2 is 2.13 bits per heavy atom. The number of hydrogen-bond acceptors (Lipinski definition) is 1. The molecule has 0 aromatic heterocycles. The molecule has 2 nitrogen and oxygen atoms in total. The highest BCUT2D eigenvalue weighted by Crippen LogP contribution is 2.36. The van der Waals surface area contributed by atoms with E-state index >= 15 is 0 Å². The number of halogens is 2. The van der Waals surface area contributed by atoms with Crippen LogP contribution in [-0.2, 0) is 6.54 Å². The number of carbonyl (C=O) groups excluding carboxylic acids is 1. The van der Waals surface area contributed by atoms with Gasteiger partial charge in [0.25, 0.3) is 5.91 Å². The lowest BCUT2D eigenvalue weighted by molar-refractivity contribution is 0.0763. The summed E-state index contributed by atoms with van der Waals surface area (Å²) < 4.78 is 14.3. The van der Waals surface area contributed by atoms with Crippen LogP contribution in [0.15, 0.2) is 16.6 Å². The van der Waals surface area contributed by atoms with Gasteiger partial charge in [-0.15, -0.1) is 0 Å². The number of rotatable bonds is 1. The van der Waals surface area contributed by atoms with Crippen molar-refractivity contribution >= 4 is 21.8 Å². The van der Waals surface area contributed by atoms with Gasteiger partial charge in [-0.1, -0.05) is 15.9 Å². The monoisotopic (exact) mass is 269 g/mol. The Morgan fingerprint density at radius 1 is 1.40 bits per heavy atom. The van der Waals surface area contributed by atoms with Crippen LogP contribution in [0.1, 0.15) is 28.8 Å². The van der Waals surface area contributed by atoms with Crippen LogP contribution < -0.4 is 0 Å². The van der Waals surface area contributed by atoms with E-state index in [1.807, 2.05) is 6.07 Å². The lowest BCUT2D eigenvalue weighted by Crippen LogP contribution is -2.26. The van der Waals surface area contributed by atoms with E-state index in [1.165, 1.54) is 6.07 Å². The average molecular weight is 270 g/mol. The molecule has 0 bridgehead atoms. The molecule has 2 aliphatic rings. The van der Waals surface area contributed by atoms with E-state index in [1.54, 1.807) is 4.90 Å². The van der Waals surface area contributed by atoms with Crippen LogP contribution in [0.5, 0.6) is 0 Å². The first-order valence-electron chi connectivity index (χ1n) is 4.95. The molecule has 1 saturated carbocycles. The van der Waals surface area contributed by atoms with E-state index in [0.29, 0.717) is 17.1 Å². The summed E-state index contributed by atoms with van der Waals surface area (Å²) in [6, 6.07) is 3.54. The normalized spacial score (nSPS) is 19.6. The molecule has 1 fully saturated rings. The van der Waals surface area contributed by atoms with Gasteiger partial charge in [0.05, 0.1) is 5.56 Å². The third-order valence-electron chi connectivity index (χ3n) is 2.94. The van der Waals surface area contributed by atoms with E-state index in [0.717, 1.165) is 18.4 Å². The second kappa shape index (κ2) is 3.04. The number of amides is 1. The minimum Gasteiger partial charge on any atom is -0.331 e. The van der Waals surface area contributed by atoms with Crippen LogP contribution in [0.2, 0.25) is 0 Å². The molecule has 1 aliphatic heterocycles. The summed E-state index contributed by atoms with van der Waals surface area (Å²) in [4.78, 5) is 13.7. The molecule has 1 aliphatic carbocycles. The van der Waals surface area contributed by atoms with Gasteiger partial charge in [0.1, 0.15) is 5.82 Å². The zero-order valence-corrected chi connectivity index (χ0v) is 9.55. The Kier molecular flexibility index (Phi) is 1.89. The van der Waals surface area contributed by atoms with Gasteiger partial charge in [-0.05, 0) is 30.5 Å². The van der Waals surface area contributed by atoms with Gasteiger partial charge in [-0.2, -0.15) is 0 Å². The first kappa shape index (κ1) is 9.33. The van der Waals surface area contributed by atoms with Gasteiger partial charge in [-0.25, -0.2) is 4.39 Å². The lowest BCUT2D eigenvalue weighted by Gasteiger charge is -2.13. The third kappa shape index (κ3) is 1.39. The van der Waals surface area contributed by atoms with Gasteiger partial charge < -0.3 is 4.90 Å². The summed E-state index contributed by atoms with van der Waals surface area (Å²) in [6.07, 6.45) is 2.12. The van der Waals surface area contributed by atoms with Crippen LogP contribution in [0.3, 0.4) is 0 Å². The Labute approximate surface area is 95.2 Å². The van der Waals surface area contributed by atoms with E-state index in [4.69, 9.17) is 0 Å². The molecule has 15 heavy (non-hydrogen) atoms. The predicted molar refractivity (Wildman–Crippen MR) is 57.0 cm³/mol. The SMILES string of the molecule is O=C1c2c(F)cc(Br)cc2CN1C1CC1. The van der Waals surface area contributed by atoms with Gasteiger partial charge in [0.2, 0.25) is 0 Å². The number of fused-ring (bicyclic) bond motifs is 1. The Bertz CT molecular complexity index is 456. The fourth-order valence-electron chi connectivity index (χ4n) is 2.07. The maximum absolute atomic E-state index is 13.6. The van der Waals surface area contributed by atoms with Crippen molar-refractivity contribution in [2.75, 3.05) is 0 Å². The minimum atomic E-state index is -0.410. The highest BCUT2D eigenvalue weighted by Gasteiger charge is 2.39. The highest BCUT2D eigenvalue weighted by atomic mass is 79.9. The fourth-order valence-corrected chi connectivity index (χ4v) is 2.55. The average Bonchev–Trinajstić information content (AvgIpc) is 2.92. The highest BCUT2D eigenvalue weighted by molar-refractivity contribution is 9.10. The Balaban J connectivity index is 2.07. The fraction of sp³-hybridized carbons (Fsp3) is 0.364. The molecule has 1 amide bonds. The van der Waals surface area contributed by atoms with Crippen LogP contribution in [0, 0.1) is 5.82 Å². The van der Waals surface area contributed by atoms with Crippen molar-refractivity contribution in [3.05, 3.63) is 33.5 Å². The van der Waals surface area contributed by atoms with E-state index in [2.05, 4.69) is 15.9 Å². The number of carbonyl (C=O) groups is 1. The standard InChI is InChI=1S/C11H9BrFNO/c12-7-3-6-5-14(8-1-2-8)11(15)10(6)9(13)4-7/h3-4,8H,1-2,5H2. The molecule has 78 valence electrons. The van der Waals surface area contributed by atoms with Gasteiger partial charge in [-0.3, -0.25) is 4.79 Å². The molecule has 0 spiro atoms. The van der Waals surface area contributed by atoms with Crippen molar-refractivity contribution in [2.45, 2.75) is 25.4 Å². The lowest BCUT2D eigenvalue weighted by atomic mass is 10.1. The van der Waals surface area contributed by atoms with Gasteiger partial charge >= 0.3 is 0 Å². The summed E-state index contributed by atoms with van der Waals surface area (Å²) in [5.74, 6) is -0.551. The molecule has 0 radical (unpaired) electrons. The first-order chi connectivity index (χ1) is 7.16. The van der Waals surface area contributed by atoms with Gasteiger partial charge in [0, 0.05) is 17.1 Å². The molecule has 1 heterocycles. The molecule has 1 aromatic carbocycles. The molecular weight excluding hydrogens is 261 g/mol. The van der Waals surface area contributed by atoms with E-state index in [-0.39, 0.29) is 11.5 Å². The van der Waals surface area contributed by atoms with E-state index < -0.39 is 5.82 Å². The zero-order chi connectivity index (χ0) is 10.6. The molecule has 0 atom stereocenters.